The van der Waals surface area contributed by atoms with Crippen LogP contribution in [0.3, 0.4) is 0 Å². The maximum Gasteiger partial charge on any atom is 0.123 e. The number of aryl methyl sites for hydroxylation is 2. The van der Waals surface area contributed by atoms with Crippen LogP contribution in [0.15, 0.2) is 36.4 Å². The largest absolute Gasteiger partial charge is 0.496 e. The first-order chi connectivity index (χ1) is 9.51. The van der Waals surface area contributed by atoms with Crippen molar-refractivity contribution in [2.45, 2.75) is 20.4 Å². The van der Waals surface area contributed by atoms with E-state index in [2.05, 4.69) is 44.0 Å². The van der Waals surface area contributed by atoms with E-state index in [1.54, 1.807) is 7.11 Å². The second-order valence-electron chi connectivity index (χ2n) is 5.22. The summed E-state index contributed by atoms with van der Waals surface area (Å²) >= 11 is 0. The molecule has 0 aromatic heterocycles. The summed E-state index contributed by atoms with van der Waals surface area (Å²) in [5.74, 6) is 0.871. The molecule has 20 heavy (non-hydrogen) atoms. The Bertz CT molecular complexity index is 608. The van der Waals surface area contributed by atoms with E-state index in [0.717, 1.165) is 23.5 Å². The van der Waals surface area contributed by atoms with E-state index >= 15 is 0 Å². The van der Waals surface area contributed by atoms with Crippen LogP contribution >= 0.6 is 0 Å². The maximum absolute atomic E-state index is 5.87. The monoisotopic (exact) mass is 270 g/mol. The van der Waals surface area contributed by atoms with Crippen molar-refractivity contribution in [3.05, 3.63) is 53.1 Å². The number of rotatable bonds is 4. The molecule has 0 atom stereocenters. The first-order valence-electron chi connectivity index (χ1n) is 6.72. The average molecular weight is 270 g/mol. The number of ether oxygens (including phenoxy) is 1. The third kappa shape index (κ3) is 3.05. The van der Waals surface area contributed by atoms with Crippen molar-refractivity contribution in [3.8, 4) is 5.75 Å². The van der Waals surface area contributed by atoms with Crippen molar-refractivity contribution in [2.24, 2.45) is 0 Å². The van der Waals surface area contributed by atoms with Gasteiger partial charge in [0, 0.05) is 30.5 Å². The molecular weight excluding hydrogens is 248 g/mol. The normalized spacial score (nSPS) is 10.4. The third-order valence-electron chi connectivity index (χ3n) is 3.48. The van der Waals surface area contributed by atoms with Gasteiger partial charge < -0.3 is 15.4 Å². The lowest BCUT2D eigenvalue weighted by atomic mass is 10.1. The molecule has 0 bridgehead atoms. The van der Waals surface area contributed by atoms with E-state index in [-0.39, 0.29) is 0 Å². The Morgan fingerprint density at radius 2 is 1.85 bits per heavy atom. The Morgan fingerprint density at radius 3 is 2.50 bits per heavy atom. The number of anilines is 2. The molecule has 0 radical (unpaired) electrons. The van der Waals surface area contributed by atoms with E-state index in [0.29, 0.717) is 0 Å². The molecule has 3 nitrogen and oxygen atoms in total. The molecule has 2 aromatic carbocycles. The fourth-order valence-electron chi connectivity index (χ4n) is 2.50. The molecule has 0 spiro atoms. The number of nitrogens with two attached hydrogens (primary N) is 1. The molecule has 2 rings (SSSR count). The first kappa shape index (κ1) is 14.3. The summed E-state index contributed by atoms with van der Waals surface area (Å²) in [5, 5.41) is 0. The van der Waals surface area contributed by atoms with Crippen molar-refractivity contribution in [1.29, 1.82) is 0 Å². The van der Waals surface area contributed by atoms with E-state index in [1.807, 2.05) is 18.2 Å². The van der Waals surface area contributed by atoms with E-state index in [1.165, 1.54) is 16.8 Å². The molecular formula is C17H22N2O. The molecule has 106 valence electrons. The van der Waals surface area contributed by atoms with Gasteiger partial charge >= 0.3 is 0 Å². The third-order valence-corrected chi connectivity index (χ3v) is 3.48. The molecule has 0 fully saturated rings. The van der Waals surface area contributed by atoms with Crippen LogP contribution in [0.2, 0.25) is 0 Å². The minimum absolute atomic E-state index is 0.759. The summed E-state index contributed by atoms with van der Waals surface area (Å²) in [5.41, 5.74) is 11.5. The smallest absolute Gasteiger partial charge is 0.123 e. The van der Waals surface area contributed by atoms with Gasteiger partial charge in [-0.1, -0.05) is 17.7 Å². The molecule has 0 aliphatic carbocycles. The lowest BCUT2D eigenvalue weighted by Gasteiger charge is -2.23. The van der Waals surface area contributed by atoms with Crippen LogP contribution in [0.25, 0.3) is 0 Å². The van der Waals surface area contributed by atoms with Crippen LogP contribution in [0, 0.1) is 13.8 Å². The van der Waals surface area contributed by atoms with Gasteiger partial charge in [-0.05, 0) is 43.7 Å². The second-order valence-corrected chi connectivity index (χ2v) is 5.22. The van der Waals surface area contributed by atoms with E-state index < -0.39 is 0 Å². The van der Waals surface area contributed by atoms with Crippen molar-refractivity contribution in [1.82, 2.24) is 0 Å². The van der Waals surface area contributed by atoms with Crippen molar-refractivity contribution < 1.29 is 4.74 Å². The second kappa shape index (κ2) is 5.87. The molecule has 0 aliphatic heterocycles. The molecule has 0 heterocycles. The summed E-state index contributed by atoms with van der Waals surface area (Å²) in [6.45, 7) is 5.01. The average Bonchev–Trinajstić information content (AvgIpc) is 2.38. The quantitative estimate of drug-likeness (QED) is 0.864. The predicted molar refractivity (Wildman–Crippen MR) is 85.4 cm³/mol. The van der Waals surface area contributed by atoms with E-state index in [9.17, 15) is 0 Å². The molecule has 2 aromatic rings. The van der Waals surface area contributed by atoms with Gasteiger partial charge in [-0.15, -0.1) is 0 Å². The molecule has 0 amide bonds. The number of nitrogen functional groups attached to an aromatic ring is 1. The Morgan fingerprint density at radius 1 is 1.10 bits per heavy atom. The lowest BCUT2D eigenvalue weighted by molar-refractivity contribution is 0.409. The highest BCUT2D eigenvalue weighted by Gasteiger charge is 2.09. The maximum atomic E-state index is 5.87. The zero-order valence-corrected chi connectivity index (χ0v) is 12.6. The number of nitrogens with zero attached hydrogens (tertiary/aromatic N) is 1. The van der Waals surface area contributed by atoms with Gasteiger partial charge in [0.25, 0.3) is 0 Å². The molecule has 0 unspecified atom stereocenters. The summed E-state index contributed by atoms with van der Waals surface area (Å²) in [7, 11) is 3.77. The molecule has 0 saturated heterocycles. The van der Waals surface area contributed by atoms with Crippen LogP contribution in [0.5, 0.6) is 5.75 Å². The summed E-state index contributed by atoms with van der Waals surface area (Å²) in [4.78, 5) is 2.21. The number of methoxy groups -OCH3 is 1. The zero-order chi connectivity index (χ0) is 14.7. The Labute approximate surface area is 121 Å². The lowest BCUT2D eigenvalue weighted by Crippen LogP contribution is -2.18. The highest BCUT2D eigenvalue weighted by atomic mass is 16.5. The molecule has 0 aliphatic rings. The Hall–Kier alpha value is -2.16. The van der Waals surface area contributed by atoms with Gasteiger partial charge in [0.15, 0.2) is 0 Å². The Balaban J connectivity index is 2.27. The van der Waals surface area contributed by atoms with Gasteiger partial charge in [0.1, 0.15) is 5.75 Å². The molecule has 0 saturated carbocycles. The summed E-state index contributed by atoms with van der Waals surface area (Å²) in [6.07, 6.45) is 0. The minimum Gasteiger partial charge on any atom is -0.496 e. The van der Waals surface area contributed by atoms with Crippen LogP contribution in [0.4, 0.5) is 11.4 Å². The topological polar surface area (TPSA) is 38.5 Å². The van der Waals surface area contributed by atoms with Crippen LogP contribution in [0.1, 0.15) is 16.7 Å². The van der Waals surface area contributed by atoms with Gasteiger partial charge in [0.05, 0.1) is 7.11 Å². The molecule has 2 N–H and O–H groups in total. The SMILES string of the molecule is COc1ccc(N)cc1CN(C)c1ccc(C)cc1C. The van der Waals surface area contributed by atoms with Crippen LogP contribution < -0.4 is 15.4 Å². The predicted octanol–water partition coefficient (Wildman–Crippen LogP) is 3.53. The minimum atomic E-state index is 0.759. The molecule has 3 heteroatoms. The van der Waals surface area contributed by atoms with Gasteiger partial charge in [-0.3, -0.25) is 0 Å². The van der Waals surface area contributed by atoms with Gasteiger partial charge in [0.2, 0.25) is 0 Å². The van der Waals surface area contributed by atoms with Crippen LogP contribution in [-0.4, -0.2) is 14.2 Å². The van der Waals surface area contributed by atoms with Crippen molar-refractivity contribution in [3.63, 3.8) is 0 Å². The summed E-state index contributed by atoms with van der Waals surface area (Å²) in [6, 6.07) is 12.2. The number of benzene rings is 2. The van der Waals surface area contributed by atoms with Gasteiger partial charge in [-0.25, -0.2) is 0 Å². The number of hydrogen-bond donors (Lipinski definition) is 1. The highest BCUT2D eigenvalue weighted by molar-refractivity contribution is 5.56. The first-order valence-corrected chi connectivity index (χ1v) is 6.72. The standard InChI is InChI=1S/C17H22N2O/c1-12-5-7-16(13(2)9-12)19(3)11-14-10-15(18)6-8-17(14)20-4/h5-10H,11,18H2,1-4H3. The fraction of sp³-hybridized carbons (Fsp3) is 0.294. The Kier molecular flexibility index (Phi) is 4.18. The summed E-state index contributed by atoms with van der Waals surface area (Å²) < 4.78 is 5.40. The van der Waals surface area contributed by atoms with Crippen molar-refractivity contribution >= 4 is 11.4 Å². The van der Waals surface area contributed by atoms with Crippen LogP contribution in [-0.2, 0) is 6.54 Å². The highest BCUT2D eigenvalue weighted by Crippen LogP contribution is 2.26. The zero-order valence-electron chi connectivity index (χ0n) is 12.6. The van der Waals surface area contributed by atoms with Gasteiger partial charge in [-0.2, -0.15) is 0 Å². The number of hydrogen-bond acceptors (Lipinski definition) is 3. The van der Waals surface area contributed by atoms with E-state index in [4.69, 9.17) is 10.5 Å². The fourth-order valence-corrected chi connectivity index (χ4v) is 2.50. The van der Waals surface area contributed by atoms with Crippen molar-refractivity contribution in [2.75, 3.05) is 24.8 Å².